The van der Waals surface area contributed by atoms with Crippen LogP contribution in [-0.2, 0) is 0 Å². The lowest BCUT2D eigenvalue weighted by Crippen LogP contribution is -2.30. The molecule has 3 amide bonds. The predicted molar refractivity (Wildman–Crippen MR) is 123 cm³/mol. The number of nitro benzene ring substituents is 2. The molecule has 0 saturated carbocycles. The van der Waals surface area contributed by atoms with Crippen LogP contribution in [0.4, 0.5) is 17.1 Å². The second kappa shape index (κ2) is 10.6. The van der Waals surface area contributed by atoms with Crippen molar-refractivity contribution in [1.82, 2.24) is 4.90 Å². The molecule has 1 aliphatic rings. The highest BCUT2D eigenvalue weighted by Gasteiger charge is 2.35. The number of rotatable bonds is 11. The van der Waals surface area contributed by atoms with Crippen LogP contribution in [-0.4, -0.2) is 39.0 Å². The number of carbonyl (C=O) groups excluding carboxylic acids is 3. The van der Waals surface area contributed by atoms with Gasteiger partial charge in [-0.15, -0.1) is 0 Å². The van der Waals surface area contributed by atoms with Gasteiger partial charge in [0.1, 0.15) is 0 Å². The third-order valence-electron chi connectivity index (χ3n) is 5.55. The third-order valence-corrected chi connectivity index (χ3v) is 5.55. The molecular weight excluding hydrogens is 444 g/mol. The van der Waals surface area contributed by atoms with Crippen LogP contribution in [0.15, 0.2) is 36.4 Å². The molecule has 2 aromatic carbocycles. The van der Waals surface area contributed by atoms with Gasteiger partial charge in [-0.3, -0.25) is 39.5 Å². The second-order valence-electron chi connectivity index (χ2n) is 8.00. The number of imide groups is 1. The Labute approximate surface area is 195 Å². The van der Waals surface area contributed by atoms with Gasteiger partial charge in [-0.05, 0) is 24.6 Å². The Kier molecular flexibility index (Phi) is 7.67. The van der Waals surface area contributed by atoms with E-state index in [1.54, 1.807) is 0 Å². The normalized spacial score (nSPS) is 12.6. The molecule has 0 atom stereocenters. The molecule has 11 nitrogen and oxygen atoms in total. The molecule has 0 saturated heterocycles. The highest BCUT2D eigenvalue weighted by Crippen LogP contribution is 2.28. The maximum absolute atomic E-state index is 12.8. The van der Waals surface area contributed by atoms with Gasteiger partial charge in [0, 0.05) is 24.4 Å². The van der Waals surface area contributed by atoms with Crippen molar-refractivity contribution in [3.63, 3.8) is 0 Å². The summed E-state index contributed by atoms with van der Waals surface area (Å²) in [6.45, 7) is 2.44. The fraction of sp³-hybridized carbons (Fsp3) is 0.348. The van der Waals surface area contributed by atoms with E-state index in [0.29, 0.717) is 13.0 Å². The summed E-state index contributed by atoms with van der Waals surface area (Å²) in [5, 5.41) is 24.6. The average Bonchev–Trinajstić information content (AvgIpc) is 3.05. The van der Waals surface area contributed by atoms with Crippen LogP contribution in [0.1, 0.15) is 76.5 Å². The van der Waals surface area contributed by atoms with Crippen LogP contribution in [0, 0.1) is 20.2 Å². The third kappa shape index (κ3) is 5.42. The minimum Gasteiger partial charge on any atom is -0.322 e. The molecule has 0 aliphatic carbocycles. The summed E-state index contributed by atoms with van der Waals surface area (Å²) in [5.74, 6) is -1.66. The predicted octanol–water partition coefficient (Wildman–Crippen LogP) is 4.71. The second-order valence-corrected chi connectivity index (χ2v) is 8.00. The van der Waals surface area contributed by atoms with Crippen molar-refractivity contribution in [2.45, 2.75) is 45.4 Å². The summed E-state index contributed by atoms with van der Waals surface area (Å²) in [4.78, 5) is 59.6. The van der Waals surface area contributed by atoms with Crippen LogP contribution < -0.4 is 5.32 Å². The molecule has 3 rings (SSSR count). The van der Waals surface area contributed by atoms with Crippen molar-refractivity contribution in [3.05, 3.63) is 73.3 Å². The molecule has 178 valence electrons. The van der Waals surface area contributed by atoms with Gasteiger partial charge in [-0.25, -0.2) is 0 Å². The van der Waals surface area contributed by atoms with Crippen LogP contribution >= 0.6 is 0 Å². The quantitative estimate of drug-likeness (QED) is 0.217. The van der Waals surface area contributed by atoms with Gasteiger partial charge in [0.15, 0.2) is 0 Å². The number of nitrogens with one attached hydrogen (secondary N) is 1. The fourth-order valence-electron chi connectivity index (χ4n) is 3.76. The summed E-state index contributed by atoms with van der Waals surface area (Å²) in [7, 11) is 0. The first kappa shape index (κ1) is 24.5. The molecule has 1 N–H and O–H groups in total. The molecule has 11 heteroatoms. The molecule has 0 bridgehead atoms. The number of nitrogens with zero attached hydrogens (tertiary/aromatic N) is 3. The number of non-ortho nitro benzene ring substituents is 2. The zero-order chi connectivity index (χ0) is 24.8. The van der Waals surface area contributed by atoms with Crippen LogP contribution in [0.5, 0.6) is 0 Å². The number of benzene rings is 2. The Morgan fingerprint density at radius 1 is 0.853 bits per heavy atom. The standard InChI is InChI=1S/C23H24N4O7/c1-2-3-4-5-6-7-10-25-22(29)19-9-8-16(13-20(19)23(25)30)24-21(28)15-11-17(26(31)32)14-18(12-15)27(33)34/h8-9,11-14H,2-7,10H2,1H3,(H,24,28). The highest BCUT2D eigenvalue weighted by atomic mass is 16.6. The molecule has 1 heterocycles. The minimum absolute atomic E-state index is 0.152. The van der Waals surface area contributed by atoms with E-state index in [0.717, 1.165) is 50.3 Å². The van der Waals surface area contributed by atoms with Crippen LogP contribution in [0.3, 0.4) is 0 Å². The fourth-order valence-corrected chi connectivity index (χ4v) is 3.76. The summed E-state index contributed by atoms with van der Waals surface area (Å²) in [6, 6.07) is 6.83. The number of anilines is 1. The lowest BCUT2D eigenvalue weighted by Gasteiger charge is -2.13. The van der Waals surface area contributed by atoms with Gasteiger partial charge in [0.25, 0.3) is 29.1 Å². The summed E-state index contributed by atoms with van der Waals surface area (Å²) < 4.78 is 0. The smallest absolute Gasteiger partial charge is 0.277 e. The molecule has 0 radical (unpaired) electrons. The largest absolute Gasteiger partial charge is 0.322 e. The number of nitro groups is 2. The summed E-state index contributed by atoms with van der Waals surface area (Å²) in [6.07, 6.45) is 6.09. The molecule has 0 spiro atoms. The van der Waals surface area contributed by atoms with Crippen molar-refractivity contribution < 1.29 is 24.2 Å². The van der Waals surface area contributed by atoms with Gasteiger partial charge in [-0.2, -0.15) is 0 Å². The number of carbonyl (C=O) groups is 3. The molecule has 0 fully saturated rings. The maximum Gasteiger partial charge on any atom is 0.277 e. The highest BCUT2D eigenvalue weighted by molar-refractivity contribution is 6.22. The number of amides is 3. The number of fused-ring (bicyclic) bond motifs is 1. The van der Waals surface area contributed by atoms with E-state index in [4.69, 9.17) is 0 Å². The zero-order valence-corrected chi connectivity index (χ0v) is 18.6. The van der Waals surface area contributed by atoms with Gasteiger partial charge < -0.3 is 5.32 Å². The molecule has 0 aromatic heterocycles. The average molecular weight is 468 g/mol. The van der Waals surface area contributed by atoms with Gasteiger partial charge >= 0.3 is 0 Å². The Balaban J connectivity index is 1.72. The van der Waals surface area contributed by atoms with E-state index in [-0.39, 0.29) is 28.3 Å². The Morgan fingerprint density at radius 3 is 2.06 bits per heavy atom. The Morgan fingerprint density at radius 2 is 1.44 bits per heavy atom. The molecule has 34 heavy (non-hydrogen) atoms. The first-order valence-corrected chi connectivity index (χ1v) is 11.0. The molecular formula is C23H24N4O7. The minimum atomic E-state index is -0.831. The van der Waals surface area contributed by atoms with Crippen molar-refractivity contribution in [2.24, 2.45) is 0 Å². The molecule has 2 aromatic rings. The van der Waals surface area contributed by atoms with E-state index in [1.165, 1.54) is 23.1 Å². The topological polar surface area (TPSA) is 153 Å². The zero-order valence-electron chi connectivity index (χ0n) is 18.6. The van der Waals surface area contributed by atoms with Crippen molar-refractivity contribution in [3.8, 4) is 0 Å². The van der Waals surface area contributed by atoms with Crippen LogP contribution in [0.25, 0.3) is 0 Å². The van der Waals surface area contributed by atoms with E-state index in [1.807, 2.05) is 0 Å². The van der Waals surface area contributed by atoms with E-state index in [9.17, 15) is 34.6 Å². The lowest BCUT2D eigenvalue weighted by atomic mass is 10.1. The van der Waals surface area contributed by atoms with Gasteiger partial charge in [-0.1, -0.05) is 39.0 Å². The van der Waals surface area contributed by atoms with Gasteiger partial charge in [0.05, 0.1) is 32.6 Å². The van der Waals surface area contributed by atoms with E-state index in [2.05, 4.69) is 12.2 Å². The monoisotopic (exact) mass is 468 g/mol. The lowest BCUT2D eigenvalue weighted by molar-refractivity contribution is -0.394. The van der Waals surface area contributed by atoms with E-state index < -0.39 is 33.0 Å². The SMILES string of the molecule is CCCCCCCCN1C(=O)c2ccc(NC(=O)c3cc([N+](=O)[O-])cc([N+](=O)[O-])c3)cc2C1=O. The van der Waals surface area contributed by atoms with Crippen molar-refractivity contribution >= 4 is 34.8 Å². The Bertz CT molecular complexity index is 1130. The summed E-state index contributed by atoms with van der Waals surface area (Å²) in [5.41, 5.74) is -0.911. The first-order valence-electron chi connectivity index (χ1n) is 11.0. The Hall–Kier alpha value is -4.15. The summed E-state index contributed by atoms with van der Waals surface area (Å²) >= 11 is 0. The van der Waals surface area contributed by atoms with Gasteiger partial charge in [0.2, 0.25) is 0 Å². The first-order chi connectivity index (χ1) is 16.2. The van der Waals surface area contributed by atoms with Crippen LogP contribution in [0.2, 0.25) is 0 Å². The number of unbranched alkanes of at least 4 members (excludes halogenated alkanes) is 5. The molecule has 0 unspecified atom stereocenters. The van der Waals surface area contributed by atoms with Crippen molar-refractivity contribution in [1.29, 1.82) is 0 Å². The molecule has 1 aliphatic heterocycles. The maximum atomic E-state index is 12.8. The number of hydrogen-bond donors (Lipinski definition) is 1. The van der Waals surface area contributed by atoms with E-state index >= 15 is 0 Å². The number of hydrogen-bond acceptors (Lipinski definition) is 7. The van der Waals surface area contributed by atoms with Crippen molar-refractivity contribution in [2.75, 3.05) is 11.9 Å².